The molecule has 2 atom stereocenters. The van der Waals surface area contributed by atoms with Crippen molar-refractivity contribution in [1.82, 2.24) is 10.6 Å². The lowest BCUT2D eigenvalue weighted by Gasteiger charge is -2.28. The van der Waals surface area contributed by atoms with Crippen LogP contribution in [-0.2, 0) is 4.79 Å². The van der Waals surface area contributed by atoms with Crippen LogP contribution >= 0.6 is 0 Å². The smallest absolute Gasteiger partial charge is 0.237 e. The highest BCUT2D eigenvalue weighted by atomic mass is 16.2. The number of nitrogens with one attached hydrogen (secondary N) is 2. The third-order valence-corrected chi connectivity index (χ3v) is 4.35. The van der Waals surface area contributed by atoms with Crippen molar-refractivity contribution in [2.45, 2.75) is 51.6 Å². The summed E-state index contributed by atoms with van der Waals surface area (Å²) in [4.78, 5) is 12.4. The highest BCUT2D eigenvalue weighted by molar-refractivity contribution is 5.82. The molecule has 1 unspecified atom stereocenters. The second-order valence-electron chi connectivity index (χ2n) is 5.62. The normalized spacial score (nSPS) is 20.1. The summed E-state index contributed by atoms with van der Waals surface area (Å²) in [5.74, 6) is 0.644. The Morgan fingerprint density at radius 2 is 2.00 bits per heavy atom. The molecule has 1 amide bonds. The molecule has 1 aliphatic rings. The van der Waals surface area contributed by atoms with E-state index in [-0.39, 0.29) is 18.0 Å². The van der Waals surface area contributed by atoms with Gasteiger partial charge in [0.1, 0.15) is 0 Å². The van der Waals surface area contributed by atoms with Crippen molar-refractivity contribution in [3.8, 4) is 0 Å². The topological polar surface area (TPSA) is 41.1 Å². The van der Waals surface area contributed by atoms with Crippen LogP contribution in [0, 0.1) is 5.92 Å². The van der Waals surface area contributed by atoms with Gasteiger partial charge in [0.15, 0.2) is 0 Å². The van der Waals surface area contributed by atoms with Gasteiger partial charge in [-0.15, -0.1) is 0 Å². The molecule has 0 bridgehead atoms. The van der Waals surface area contributed by atoms with E-state index < -0.39 is 0 Å². The van der Waals surface area contributed by atoms with Crippen LogP contribution in [-0.4, -0.2) is 18.5 Å². The summed E-state index contributed by atoms with van der Waals surface area (Å²) in [6.45, 7) is 5.35. The zero-order chi connectivity index (χ0) is 14.4. The van der Waals surface area contributed by atoms with Gasteiger partial charge in [0, 0.05) is 0 Å². The number of carbonyl (C=O) groups excluding carboxylic acids is 1. The van der Waals surface area contributed by atoms with Crippen molar-refractivity contribution in [2.24, 2.45) is 5.92 Å². The van der Waals surface area contributed by atoms with E-state index in [1.54, 1.807) is 0 Å². The second-order valence-corrected chi connectivity index (χ2v) is 5.62. The summed E-state index contributed by atoms with van der Waals surface area (Å²) < 4.78 is 0. The Hall–Kier alpha value is -1.35. The van der Waals surface area contributed by atoms with Crippen LogP contribution < -0.4 is 10.6 Å². The molecule has 3 heteroatoms. The molecule has 0 saturated carbocycles. The predicted octanol–water partition coefficient (Wildman–Crippen LogP) is 3.03. The van der Waals surface area contributed by atoms with Crippen LogP contribution in [0.1, 0.15) is 51.1 Å². The molecule has 0 aromatic heterocycles. The molecule has 110 valence electrons. The summed E-state index contributed by atoms with van der Waals surface area (Å²) in [5, 5.41) is 6.55. The van der Waals surface area contributed by atoms with Gasteiger partial charge in [0.25, 0.3) is 0 Å². The Morgan fingerprint density at radius 1 is 1.30 bits per heavy atom. The molecular formula is C17H26N2O. The van der Waals surface area contributed by atoms with Crippen LogP contribution in [0.3, 0.4) is 0 Å². The first-order chi connectivity index (χ1) is 9.76. The first-order valence-electron chi connectivity index (χ1n) is 7.85. The van der Waals surface area contributed by atoms with Gasteiger partial charge in [-0.25, -0.2) is 0 Å². The molecule has 1 saturated heterocycles. The molecule has 1 aliphatic heterocycles. The summed E-state index contributed by atoms with van der Waals surface area (Å²) in [6, 6.07) is 10.5. The molecule has 3 nitrogen and oxygen atoms in total. The van der Waals surface area contributed by atoms with Gasteiger partial charge in [0.2, 0.25) is 5.91 Å². The van der Waals surface area contributed by atoms with Gasteiger partial charge >= 0.3 is 0 Å². The van der Waals surface area contributed by atoms with Gasteiger partial charge in [-0.05, 0) is 30.9 Å². The Morgan fingerprint density at radius 3 is 2.55 bits per heavy atom. The fraction of sp³-hybridized carbons (Fsp3) is 0.588. The van der Waals surface area contributed by atoms with Gasteiger partial charge in [-0.2, -0.15) is 0 Å². The van der Waals surface area contributed by atoms with Gasteiger partial charge < -0.3 is 10.6 Å². The van der Waals surface area contributed by atoms with Crippen molar-refractivity contribution < 1.29 is 4.79 Å². The zero-order valence-corrected chi connectivity index (χ0v) is 12.6. The minimum atomic E-state index is -0.00410. The lowest BCUT2D eigenvalue weighted by atomic mass is 9.88. The molecule has 2 N–H and O–H groups in total. The predicted molar refractivity (Wildman–Crippen MR) is 82.4 cm³/mol. The maximum absolute atomic E-state index is 12.4. The first-order valence-corrected chi connectivity index (χ1v) is 7.85. The molecule has 1 heterocycles. The molecule has 0 spiro atoms. The standard InChI is InChI=1S/C17H26N2O/c1-3-13(4-2)16(14-9-6-5-7-10-14)19-17(20)15-11-8-12-18-15/h5-7,9-10,13,15-16,18H,3-4,8,11-12H2,1-2H3,(H,19,20)/t15-,16?/m1/s1. The number of hydrogen-bond donors (Lipinski definition) is 2. The average Bonchev–Trinajstić information content (AvgIpc) is 3.02. The van der Waals surface area contributed by atoms with E-state index in [2.05, 4.69) is 36.6 Å². The third-order valence-electron chi connectivity index (χ3n) is 4.35. The molecule has 1 aromatic carbocycles. The fourth-order valence-electron chi connectivity index (χ4n) is 3.06. The van der Waals surface area contributed by atoms with Crippen LogP contribution in [0.4, 0.5) is 0 Å². The van der Waals surface area contributed by atoms with E-state index in [4.69, 9.17) is 0 Å². The monoisotopic (exact) mass is 274 g/mol. The molecule has 2 rings (SSSR count). The molecular weight excluding hydrogens is 248 g/mol. The zero-order valence-electron chi connectivity index (χ0n) is 12.6. The van der Waals surface area contributed by atoms with Gasteiger partial charge in [-0.3, -0.25) is 4.79 Å². The van der Waals surface area contributed by atoms with Crippen molar-refractivity contribution in [3.63, 3.8) is 0 Å². The third kappa shape index (κ3) is 3.60. The largest absolute Gasteiger partial charge is 0.348 e. The maximum atomic E-state index is 12.4. The Balaban J connectivity index is 2.12. The van der Waals surface area contributed by atoms with Gasteiger partial charge in [0.05, 0.1) is 12.1 Å². The van der Waals surface area contributed by atoms with Crippen LogP contribution in [0.25, 0.3) is 0 Å². The Bertz CT molecular complexity index is 408. The highest BCUT2D eigenvalue weighted by Gasteiger charge is 2.27. The highest BCUT2D eigenvalue weighted by Crippen LogP contribution is 2.27. The minimum absolute atomic E-state index is 0.00410. The van der Waals surface area contributed by atoms with Crippen molar-refractivity contribution >= 4 is 5.91 Å². The fourth-order valence-corrected chi connectivity index (χ4v) is 3.06. The van der Waals surface area contributed by atoms with E-state index in [1.165, 1.54) is 5.56 Å². The van der Waals surface area contributed by atoms with Gasteiger partial charge in [-0.1, -0.05) is 57.0 Å². The average molecular weight is 274 g/mol. The first kappa shape index (κ1) is 15.0. The molecule has 0 radical (unpaired) electrons. The van der Waals surface area contributed by atoms with Crippen molar-refractivity contribution in [2.75, 3.05) is 6.54 Å². The quantitative estimate of drug-likeness (QED) is 0.837. The van der Waals surface area contributed by atoms with Crippen LogP contribution in [0.5, 0.6) is 0 Å². The number of hydrogen-bond acceptors (Lipinski definition) is 2. The van der Waals surface area contributed by atoms with E-state index in [0.717, 1.165) is 32.2 Å². The number of rotatable bonds is 6. The Kier molecular flexibility index (Phi) is 5.60. The molecule has 1 fully saturated rings. The summed E-state index contributed by atoms with van der Waals surface area (Å²) >= 11 is 0. The summed E-state index contributed by atoms with van der Waals surface area (Å²) in [6.07, 6.45) is 4.21. The van der Waals surface area contributed by atoms with Crippen molar-refractivity contribution in [3.05, 3.63) is 35.9 Å². The molecule has 20 heavy (non-hydrogen) atoms. The Labute approximate surface area is 122 Å². The lowest BCUT2D eigenvalue weighted by molar-refractivity contribution is -0.124. The van der Waals surface area contributed by atoms with Crippen LogP contribution in [0.2, 0.25) is 0 Å². The summed E-state index contributed by atoms with van der Waals surface area (Å²) in [7, 11) is 0. The van der Waals surface area contributed by atoms with Crippen molar-refractivity contribution in [1.29, 1.82) is 0 Å². The second kappa shape index (κ2) is 7.44. The SMILES string of the molecule is CCC(CC)C(NC(=O)[C@H]1CCCN1)c1ccccc1. The summed E-state index contributed by atoms with van der Waals surface area (Å²) in [5.41, 5.74) is 1.22. The van der Waals surface area contributed by atoms with Crippen LogP contribution in [0.15, 0.2) is 30.3 Å². The molecule has 1 aromatic rings. The van der Waals surface area contributed by atoms with E-state index in [1.807, 2.05) is 18.2 Å². The van der Waals surface area contributed by atoms with E-state index in [9.17, 15) is 4.79 Å². The number of carbonyl (C=O) groups is 1. The minimum Gasteiger partial charge on any atom is -0.348 e. The lowest BCUT2D eigenvalue weighted by Crippen LogP contribution is -2.43. The number of amides is 1. The maximum Gasteiger partial charge on any atom is 0.237 e. The van der Waals surface area contributed by atoms with E-state index >= 15 is 0 Å². The molecule has 0 aliphatic carbocycles. The number of benzene rings is 1. The van der Waals surface area contributed by atoms with E-state index in [0.29, 0.717) is 5.92 Å².